The lowest BCUT2D eigenvalue weighted by Crippen LogP contribution is -2.48. The summed E-state index contributed by atoms with van der Waals surface area (Å²) in [6.45, 7) is -0.113. The fraction of sp³-hybridized carbons (Fsp3) is 0.571. The van der Waals surface area contributed by atoms with Crippen molar-refractivity contribution in [1.29, 1.82) is 0 Å². The average molecular weight is 266 g/mol. The van der Waals surface area contributed by atoms with Gasteiger partial charge in [-0.05, 0) is 11.1 Å². The van der Waals surface area contributed by atoms with Gasteiger partial charge in [0.05, 0.1) is 25.9 Å². The number of hydrogen-bond donors (Lipinski definition) is 3. The second-order valence-corrected chi connectivity index (χ2v) is 5.18. The zero-order chi connectivity index (χ0) is 13.5. The molecule has 3 N–H and O–H groups in total. The molecule has 1 spiro atoms. The zero-order valence-electron chi connectivity index (χ0n) is 10.5. The van der Waals surface area contributed by atoms with Gasteiger partial charge in [-0.3, -0.25) is 0 Å². The fourth-order valence-electron chi connectivity index (χ4n) is 2.99. The summed E-state index contributed by atoms with van der Waals surface area (Å²) in [6.07, 6.45) is -1.11. The Balaban J connectivity index is 1.90. The molecule has 2 aliphatic rings. The molecule has 19 heavy (non-hydrogen) atoms. The van der Waals surface area contributed by atoms with Gasteiger partial charge in [0.1, 0.15) is 6.10 Å². The highest BCUT2D eigenvalue weighted by Gasteiger charge is 2.56. The van der Waals surface area contributed by atoms with Crippen molar-refractivity contribution >= 4 is 0 Å². The van der Waals surface area contributed by atoms with Crippen LogP contribution in [0.3, 0.4) is 0 Å². The highest BCUT2D eigenvalue weighted by atomic mass is 16.7. The number of rotatable bonds is 2. The third-order valence-corrected chi connectivity index (χ3v) is 4.10. The van der Waals surface area contributed by atoms with Crippen molar-refractivity contribution in [3.63, 3.8) is 0 Å². The number of aliphatic hydroxyl groups excluding tert-OH is 3. The molecule has 4 unspecified atom stereocenters. The van der Waals surface area contributed by atoms with Crippen LogP contribution in [0, 0.1) is 5.92 Å². The van der Waals surface area contributed by atoms with Crippen LogP contribution in [0.25, 0.3) is 0 Å². The Morgan fingerprint density at radius 2 is 1.89 bits per heavy atom. The standard InChI is InChI=1S/C14H18O5/c15-6-11-12(7-16)19-14(13(11)17)5-9-3-1-2-4-10(9)8-18-14/h1-4,11-13,15-17H,5-8H2. The molecule has 5 nitrogen and oxygen atoms in total. The Kier molecular flexibility index (Phi) is 3.32. The predicted molar refractivity (Wildman–Crippen MR) is 66.2 cm³/mol. The van der Waals surface area contributed by atoms with Crippen molar-refractivity contribution < 1.29 is 24.8 Å². The second-order valence-electron chi connectivity index (χ2n) is 5.18. The molecule has 0 aromatic heterocycles. The Hall–Kier alpha value is -0.980. The molecular weight excluding hydrogens is 248 g/mol. The van der Waals surface area contributed by atoms with Crippen molar-refractivity contribution in [3.05, 3.63) is 35.4 Å². The van der Waals surface area contributed by atoms with Crippen LogP contribution in [0.4, 0.5) is 0 Å². The van der Waals surface area contributed by atoms with Crippen LogP contribution in [-0.4, -0.2) is 46.5 Å². The van der Waals surface area contributed by atoms with Crippen molar-refractivity contribution in [1.82, 2.24) is 0 Å². The van der Waals surface area contributed by atoms with E-state index in [1.54, 1.807) is 0 Å². The summed E-state index contributed by atoms with van der Waals surface area (Å²) >= 11 is 0. The number of ether oxygens (including phenoxy) is 2. The van der Waals surface area contributed by atoms with E-state index in [0.717, 1.165) is 11.1 Å². The third-order valence-electron chi connectivity index (χ3n) is 4.10. The average Bonchev–Trinajstić information content (AvgIpc) is 2.71. The van der Waals surface area contributed by atoms with Gasteiger partial charge < -0.3 is 24.8 Å². The van der Waals surface area contributed by atoms with E-state index in [4.69, 9.17) is 9.47 Å². The maximum atomic E-state index is 10.4. The van der Waals surface area contributed by atoms with Crippen LogP contribution < -0.4 is 0 Å². The van der Waals surface area contributed by atoms with Gasteiger partial charge in [0.25, 0.3) is 0 Å². The van der Waals surface area contributed by atoms with Gasteiger partial charge in [0, 0.05) is 12.3 Å². The lowest BCUT2D eigenvalue weighted by Gasteiger charge is -2.37. The van der Waals surface area contributed by atoms with E-state index in [-0.39, 0.29) is 13.2 Å². The van der Waals surface area contributed by atoms with E-state index in [2.05, 4.69) is 0 Å². The molecule has 3 rings (SSSR count). The summed E-state index contributed by atoms with van der Waals surface area (Å²) in [4.78, 5) is 0. The first-order chi connectivity index (χ1) is 9.20. The fourth-order valence-corrected chi connectivity index (χ4v) is 2.99. The smallest absolute Gasteiger partial charge is 0.199 e. The van der Waals surface area contributed by atoms with Gasteiger partial charge in [-0.15, -0.1) is 0 Å². The highest BCUT2D eigenvalue weighted by molar-refractivity contribution is 5.30. The van der Waals surface area contributed by atoms with Crippen LogP contribution in [0.15, 0.2) is 24.3 Å². The van der Waals surface area contributed by atoms with Crippen molar-refractivity contribution in [2.45, 2.75) is 31.0 Å². The minimum absolute atomic E-state index is 0.237. The Labute approximate surface area is 111 Å². The van der Waals surface area contributed by atoms with Crippen LogP contribution in [0.5, 0.6) is 0 Å². The second kappa shape index (κ2) is 4.85. The highest BCUT2D eigenvalue weighted by Crippen LogP contribution is 2.42. The van der Waals surface area contributed by atoms with Gasteiger partial charge >= 0.3 is 0 Å². The maximum absolute atomic E-state index is 10.4. The normalized spacial score (nSPS) is 37.5. The first-order valence-corrected chi connectivity index (χ1v) is 6.48. The molecule has 1 aromatic rings. The van der Waals surface area contributed by atoms with E-state index in [9.17, 15) is 15.3 Å². The molecule has 0 aliphatic carbocycles. The van der Waals surface area contributed by atoms with Crippen molar-refractivity contribution in [2.24, 2.45) is 5.92 Å². The summed E-state index contributed by atoms with van der Waals surface area (Å²) in [5.74, 6) is -1.66. The van der Waals surface area contributed by atoms with Crippen LogP contribution in [0.2, 0.25) is 0 Å². The number of aliphatic hydroxyl groups is 3. The zero-order valence-corrected chi connectivity index (χ0v) is 10.5. The third kappa shape index (κ3) is 1.98. The van der Waals surface area contributed by atoms with E-state index >= 15 is 0 Å². The first-order valence-electron chi connectivity index (χ1n) is 6.48. The molecule has 0 saturated carbocycles. The Morgan fingerprint density at radius 1 is 1.16 bits per heavy atom. The molecule has 5 heteroatoms. The quantitative estimate of drug-likeness (QED) is 0.692. The van der Waals surface area contributed by atoms with E-state index in [0.29, 0.717) is 13.0 Å². The van der Waals surface area contributed by atoms with Crippen molar-refractivity contribution in [2.75, 3.05) is 13.2 Å². The van der Waals surface area contributed by atoms with Gasteiger partial charge in [0.15, 0.2) is 5.79 Å². The monoisotopic (exact) mass is 266 g/mol. The number of fused-ring (bicyclic) bond motifs is 1. The minimum atomic E-state index is -1.14. The summed E-state index contributed by atoms with van der Waals surface area (Å²) in [5.41, 5.74) is 2.15. The molecule has 1 fully saturated rings. The lowest BCUT2D eigenvalue weighted by molar-refractivity contribution is -0.271. The molecule has 104 valence electrons. The van der Waals surface area contributed by atoms with Gasteiger partial charge in [-0.25, -0.2) is 0 Å². The van der Waals surface area contributed by atoms with Crippen LogP contribution >= 0.6 is 0 Å². The Bertz CT molecular complexity index is 463. The SMILES string of the molecule is OCC1OC2(Cc3ccccc3CO2)C(O)C1CO. The first kappa shape index (κ1) is 13.0. The minimum Gasteiger partial charge on any atom is -0.396 e. The largest absolute Gasteiger partial charge is 0.396 e. The molecule has 0 radical (unpaired) electrons. The van der Waals surface area contributed by atoms with E-state index < -0.39 is 23.9 Å². The van der Waals surface area contributed by atoms with Gasteiger partial charge in [-0.1, -0.05) is 24.3 Å². The lowest BCUT2D eigenvalue weighted by atomic mass is 9.89. The topological polar surface area (TPSA) is 79.2 Å². The van der Waals surface area contributed by atoms with Gasteiger partial charge in [-0.2, -0.15) is 0 Å². The maximum Gasteiger partial charge on any atom is 0.199 e. The van der Waals surface area contributed by atoms with Crippen LogP contribution in [-0.2, 0) is 22.5 Å². The Morgan fingerprint density at radius 3 is 2.53 bits per heavy atom. The molecule has 1 aromatic carbocycles. The summed E-state index contributed by atoms with van der Waals surface area (Å²) in [5, 5.41) is 29.0. The predicted octanol–water partition coefficient (Wildman–Crippen LogP) is -0.184. The van der Waals surface area contributed by atoms with E-state index in [1.165, 1.54) is 0 Å². The number of hydrogen-bond acceptors (Lipinski definition) is 5. The molecule has 0 bridgehead atoms. The summed E-state index contributed by atoms with van der Waals surface area (Å²) in [6, 6.07) is 7.85. The van der Waals surface area contributed by atoms with E-state index in [1.807, 2.05) is 24.3 Å². The van der Waals surface area contributed by atoms with Gasteiger partial charge in [0.2, 0.25) is 0 Å². The molecule has 1 saturated heterocycles. The molecule has 2 heterocycles. The molecular formula is C14H18O5. The number of benzene rings is 1. The molecule has 0 amide bonds. The summed E-state index contributed by atoms with van der Waals surface area (Å²) < 4.78 is 11.5. The molecule has 2 aliphatic heterocycles. The van der Waals surface area contributed by atoms with Crippen molar-refractivity contribution in [3.8, 4) is 0 Å². The van der Waals surface area contributed by atoms with Crippen LogP contribution in [0.1, 0.15) is 11.1 Å². The molecule has 4 atom stereocenters. The summed E-state index contributed by atoms with van der Waals surface area (Å²) in [7, 11) is 0.